The van der Waals surface area contributed by atoms with Gasteiger partial charge in [-0.3, -0.25) is 4.79 Å². The van der Waals surface area contributed by atoms with E-state index in [1.165, 1.54) is 27.2 Å². The highest BCUT2D eigenvalue weighted by Crippen LogP contribution is 2.37. The summed E-state index contributed by atoms with van der Waals surface area (Å²) in [5.74, 6) is -5.18. The summed E-state index contributed by atoms with van der Waals surface area (Å²) in [6.45, 7) is 1.21. The predicted molar refractivity (Wildman–Crippen MR) is 99.2 cm³/mol. The Balaban J connectivity index is 2.03. The van der Waals surface area contributed by atoms with Gasteiger partial charge >= 0.3 is 0 Å². The van der Waals surface area contributed by atoms with E-state index in [1.807, 2.05) is 0 Å². The fourth-order valence-electron chi connectivity index (χ4n) is 2.74. The van der Waals surface area contributed by atoms with Crippen LogP contribution in [0.3, 0.4) is 0 Å². The molecule has 0 aliphatic rings. The largest absolute Gasteiger partial charge is 0.493 e. The Bertz CT molecular complexity index is 1140. The van der Waals surface area contributed by atoms with Crippen LogP contribution < -0.4 is 20.3 Å². The molecule has 0 fully saturated rings. The van der Waals surface area contributed by atoms with E-state index in [1.54, 1.807) is 0 Å². The minimum atomic E-state index is -1.60. The Hall–Kier alpha value is -3.63. The van der Waals surface area contributed by atoms with Crippen molar-refractivity contribution >= 4 is 11.6 Å². The Morgan fingerprint density at radius 1 is 1.03 bits per heavy atom. The molecule has 158 valence electrons. The number of hydrogen-bond acceptors (Lipinski definition) is 6. The molecule has 1 aromatic heterocycles. The maximum Gasteiger partial charge on any atom is 0.293 e. The van der Waals surface area contributed by atoms with Crippen molar-refractivity contribution in [3.63, 3.8) is 0 Å². The van der Waals surface area contributed by atoms with Gasteiger partial charge in [0.15, 0.2) is 34.8 Å². The van der Waals surface area contributed by atoms with Crippen molar-refractivity contribution in [2.45, 2.75) is 13.5 Å². The van der Waals surface area contributed by atoms with Gasteiger partial charge in [0, 0.05) is 11.6 Å². The van der Waals surface area contributed by atoms with E-state index in [-0.39, 0.29) is 40.8 Å². The van der Waals surface area contributed by atoms with Crippen LogP contribution in [0.5, 0.6) is 11.5 Å². The molecule has 0 aliphatic carbocycles. The third kappa shape index (κ3) is 4.04. The van der Waals surface area contributed by atoms with E-state index >= 15 is 0 Å². The molecule has 0 spiro atoms. The SMILES string of the molecule is COc1cc(Nc2nc(=O)cnn2Cc2cc(F)c(F)c(F)c2)c(C)c(F)c1OC. The second-order valence-electron chi connectivity index (χ2n) is 6.17. The topological polar surface area (TPSA) is 78.3 Å². The molecule has 0 bridgehead atoms. The van der Waals surface area contributed by atoms with Crippen molar-refractivity contribution in [1.29, 1.82) is 0 Å². The van der Waals surface area contributed by atoms with Crippen LogP contribution in [0.2, 0.25) is 0 Å². The van der Waals surface area contributed by atoms with E-state index in [0.717, 1.165) is 23.0 Å². The quantitative estimate of drug-likeness (QED) is 0.483. The molecule has 3 aromatic rings. The monoisotopic (exact) mass is 424 g/mol. The number of benzene rings is 2. The van der Waals surface area contributed by atoms with Crippen molar-refractivity contribution in [2.24, 2.45) is 0 Å². The molecule has 0 unspecified atom stereocenters. The number of halogens is 4. The van der Waals surface area contributed by atoms with Crippen molar-refractivity contribution in [2.75, 3.05) is 19.5 Å². The first-order chi connectivity index (χ1) is 14.2. The molecule has 0 atom stereocenters. The zero-order chi connectivity index (χ0) is 22.0. The van der Waals surface area contributed by atoms with E-state index in [9.17, 15) is 22.4 Å². The first-order valence-electron chi connectivity index (χ1n) is 8.50. The summed E-state index contributed by atoms with van der Waals surface area (Å²) < 4.78 is 66.0. The average molecular weight is 424 g/mol. The molecule has 0 radical (unpaired) electrons. The fourth-order valence-corrected chi connectivity index (χ4v) is 2.74. The first-order valence-corrected chi connectivity index (χ1v) is 8.50. The lowest BCUT2D eigenvalue weighted by atomic mass is 10.1. The third-order valence-electron chi connectivity index (χ3n) is 4.25. The molecule has 11 heteroatoms. The lowest BCUT2D eigenvalue weighted by Crippen LogP contribution is -2.20. The number of methoxy groups -OCH3 is 2. The van der Waals surface area contributed by atoms with Gasteiger partial charge in [-0.25, -0.2) is 22.2 Å². The second kappa shape index (κ2) is 8.39. The Morgan fingerprint density at radius 2 is 1.70 bits per heavy atom. The van der Waals surface area contributed by atoms with Crippen molar-refractivity contribution < 1.29 is 27.0 Å². The van der Waals surface area contributed by atoms with Gasteiger partial charge in [-0.1, -0.05) is 0 Å². The number of hydrogen-bond donors (Lipinski definition) is 1. The molecular formula is C19H16F4N4O3. The zero-order valence-electron chi connectivity index (χ0n) is 16.1. The number of ether oxygens (including phenoxy) is 2. The maximum absolute atomic E-state index is 14.6. The molecule has 0 saturated carbocycles. The van der Waals surface area contributed by atoms with Crippen LogP contribution in [-0.4, -0.2) is 29.0 Å². The van der Waals surface area contributed by atoms with E-state index in [2.05, 4.69) is 15.4 Å². The second-order valence-corrected chi connectivity index (χ2v) is 6.17. The molecule has 0 amide bonds. The normalized spacial score (nSPS) is 10.8. The zero-order valence-corrected chi connectivity index (χ0v) is 16.1. The smallest absolute Gasteiger partial charge is 0.293 e. The van der Waals surface area contributed by atoms with Crippen LogP contribution in [0.1, 0.15) is 11.1 Å². The molecule has 3 rings (SSSR count). The van der Waals surface area contributed by atoms with Crippen LogP contribution in [0.25, 0.3) is 0 Å². The van der Waals surface area contributed by atoms with Crippen molar-refractivity contribution in [3.05, 3.63) is 69.1 Å². The maximum atomic E-state index is 14.6. The minimum absolute atomic E-state index is 0.0302. The average Bonchev–Trinajstić information content (AvgIpc) is 2.71. The van der Waals surface area contributed by atoms with Crippen LogP contribution in [0.4, 0.5) is 29.2 Å². The molecular weight excluding hydrogens is 408 g/mol. The highest BCUT2D eigenvalue weighted by atomic mass is 19.2. The van der Waals surface area contributed by atoms with Gasteiger partial charge in [-0.05, 0) is 24.6 Å². The number of anilines is 2. The number of rotatable bonds is 6. The third-order valence-corrected chi connectivity index (χ3v) is 4.25. The summed E-state index contributed by atoms with van der Waals surface area (Å²) in [7, 11) is 2.61. The lowest BCUT2D eigenvalue weighted by Gasteiger charge is -2.17. The number of aromatic nitrogens is 3. The van der Waals surface area contributed by atoms with E-state index < -0.39 is 28.8 Å². The summed E-state index contributed by atoms with van der Waals surface area (Å²) >= 11 is 0. The first kappa shape index (κ1) is 21.1. The molecule has 1 heterocycles. The Kier molecular flexibility index (Phi) is 5.90. The van der Waals surface area contributed by atoms with Crippen LogP contribution in [-0.2, 0) is 6.54 Å². The van der Waals surface area contributed by atoms with Crippen LogP contribution in [0.15, 0.2) is 29.2 Å². The van der Waals surface area contributed by atoms with Gasteiger partial charge in [-0.15, -0.1) is 0 Å². The van der Waals surface area contributed by atoms with Crippen molar-refractivity contribution in [1.82, 2.24) is 14.8 Å². The highest BCUT2D eigenvalue weighted by Gasteiger charge is 2.19. The molecule has 0 aliphatic heterocycles. The standard InChI is InChI=1S/C19H16F4N4O3/c1-9-13(6-14(29-2)18(30-3)16(9)22)25-19-26-15(28)7-24-27(19)8-10-4-11(20)17(23)12(21)5-10/h4-7H,8H2,1-3H3,(H,25,26,28). The van der Waals surface area contributed by atoms with Gasteiger partial charge in [0.2, 0.25) is 5.95 Å². The molecule has 7 nitrogen and oxygen atoms in total. The number of nitrogens with one attached hydrogen (secondary N) is 1. The highest BCUT2D eigenvalue weighted by molar-refractivity contribution is 5.65. The predicted octanol–water partition coefficient (Wildman–Crippen LogP) is 3.31. The molecule has 1 N–H and O–H groups in total. The lowest BCUT2D eigenvalue weighted by molar-refractivity contribution is 0.337. The minimum Gasteiger partial charge on any atom is -0.493 e. The van der Waals surface area contributed by atoms with E-state index in [4.69, 9.17) is 9.47 Å². The van der Waals surface area contributed by atoms with Crippen LogP contribution in [0, 0.1) is 30.2 Å². The fraction of sp³-hybridized carbons (Fsp3) is 0.211. The van der Waals surface area contributed by atoms with Crippen LogP contribution >= 0.6 is 0 Å². The molecule has 0 saturated heterocycles. The van der Waals surface area contributed by atoms with E-state index in [0.29, 0.717) is 0 Å². The van der Waals surface area contributed by atoms with Gasteiger partial charge in [0.1, 0.15) is 6.20 Å². The van der Waals surface area contributed by atoms with Gasteiger partial charge in [0.05, 0.1) is 26.5 Å². The summed E-state index contributed by atoms with van der Waals surface area (Å²) in [5, 5.41) is 6.63. The van der Waals surface area contributed by atoms with Gasteiger partial charge in [-0.2, -0.15) is 10.1 Å². The summed E-state index contributed by atoms with van der Waals surface area (Å²) in [6, 6.07) is 3.02. The molecule has 30 heavy (non-hydrogen) atoms. The van der Waals surface area contributed by atoms with Gasteiger partial charge in [0.25, 0.3) is 5.56 Å². The summed E-state index contributed by atoms with van der Waals surface area (Å²) in [5.41, 5.74) is -0.349. The number of nitrogens with zero attached hydrogens (tertiary/aromatic N) is 3. The van der Waals surface area contributed by atoms with Crippen molar-refractivity contribution in [3.8, 4) is 11.5 Å². The Labute approximate surface area is 167 Å². The Morgan fingerprint density at radius 3 is 2.30 bits per heavy atom. The summed E-state index contributed by atoms with van der Waals surface area (Å²) in [4.78, 5) is 15.5. The van der Waals surface area contributed by atoms with Gasteiger partial charge < -0.3 is 14.8 Å². The summed E-state index contributed by atoms with van der Waals surface area (Å²) in [6.07, 6.45) is 0.892. The molecule has 2 aromatic carbocycles.